The van der Waals surface area contributed by atoms with Crippen LogP contribution in [0.3, 0.4) is 0 Å². The third-order valence-electron chi connectivity index (χ3n) is 3.22. The van der Waals surface area contributed by atoms with Gasteiger partial charge >= 0.3 is 0 Å². The van der Waals surface area contributed by atoms with Crippen molar-refractivity contribution in [1.82, 2.24) is 14.9 Å². The van der Waals surface area contributed by atoms with Crippen LogP contribution in [0.2, 0.25) is 0 Å². The first-order chi connectivity index (χ1) is 9.75. The van der Waals surface area contributed by atoms with Gasteiger partial charge in [0.05, 0.1) is 24.0 Å². The largest absolute Gasteiger partial charge is 0.468 e. The number of fused-ring (bicyclic) bond motifs is 1. The van der Waals surface area contributed by atoms with Crippen LogP contribution in [0.1, 0.15) is 18.7 Å². The van der Waals surface area contributed by atoms with Crippen LogP contribution >= 0.6 is 11.3 Å². The van der Waals surface area contributed by atoms with Crippen LogP contribution in [0.25, 0.3) is 10.2 Å². The van der Waals surface area contributed by atoms with Gasteiger partial charge in [0, 0.05) is 13.1 Å². The second-order valence-electron chi connectivity index (χ2n) is 4.57. The molecule has 0 saturated heterocycles. The highest BCUT2D eigenvalue weighted by Crippen LogP contribution is 2.13. The summed E-state index contributed by atoms with van der Waals surface area (Å²) in [6.45, 7) is 3.30. The summed E-state index contributed by atoms with van der Waals surface area (Å²) in [5.74, 6) is 0.892. The molecule has 0 aliphatic carbocycles. The standard InChI is InChI=1S/C14H15N3O2S/c1-10(12-3-2-7-19-12)15-5-6-17-9-16-13-11(14(17)18)4-8-20-13/h2-4,7-10,15H,5-6H2,1H3. The molecule has 0 aromatic carbocycles. The van der Waals surface area contributed by atoms with Crippen molar-refractivity contribution in [3.63, 3.8) is 0 Å². The molecule has 3 aromatic rings. The molecule has 0 bridgehead atoms. The lowest BCUT2D eigenvalue weighted by Gasteiger charge is -2.12. The summed E-state index contributed by atoms with van der Waals surface area (Å²) in [5, 5.41) is 5.90. The van der Waals surface area contributed by atoms with Crippen molar-refractivity contribution >= 4 is 21.6 Å². The first-order valence-corrected chi connectivity index (χ1v) is 7.33. The molecular weight excluding hydrogens is 274 g/mol. The Kier molecular flexibility index (Phi) is 3.66. The van der Waals surface area contributed by atoms with Gasteiger partial charge in [0.1, 0.15) is 10.6 Å². The molecule has 20 heavy (non-hydrogen) atoms. The van der Waals surface area contributed by atoms with E-state index in [-0.39, 0.29) is 11.6 Å². The van der Waals surface area contributed by atoms with Gasteiger partial charge in [0.2, 0.25) is 0 Å². The predicted molar refractivity (Wildman–Crippen MR) is 79.0 cm³/mol. The van der Waals surface area contributed by atoms with Gasteiger partial charge in [-0.25, -0.2) is 4.98 Å². The highest BCUT2D eigenvalue weighted by molar-refractivity contribution is 7.16. The fraction of sp³-hybridized carbons (Fsp3) is 0.286. The van der Waals surface area contributed by atoms with Gasteiger partial charge in [0.25, 0.3) is 5.56 Å². The predicted octanol–water partition coefficient (Wildman–Crippen LogP) is 2.40. The fourth-order valence-corrected chi connectivity index (χ4v) is 2.82. The Morgan fingerprint density at radius 1 is 1.50 bits per heavy atom. The van der Waals surface area contributed by atoms with E-state index in [9.17, 15) is 4.79 Å². The van der Waals surface area contributed by atoms with Crippen molar-refractivity contribution in [1.29, 1.82) is 0 Å². The Hall–Kier alpha value is -1.92. The minimum absolute atomic E-state index is 0.0173. The van der Waals surface area contributed by atoms with E-state index in [0.29, 0.717) is 18.5 Å². The normalized spacial score (nSPS) is 12.8. The number of thiophene rings is 1. The van der Waals surface area contributed by atoms with E-state index in [1.54, 1.807) is 17.2 Å². The Bertz CT molecular complexity index is 745. The molecule has 5 nitrogen and oxygen atoms in total. The van der Waals surface area contributed by atoms with Crippen molar-refractivity contribution < 1.29 is 4.42 Å². The lowest BCUT2D eigenvalue weighted by molar-refractivity contribution is 0.422. The van der Waals surface area contributed by atoms with Gasteiger partial charge < -0.3 is 9.73 Å². The van der Waals surface area contributed by atoms with Crippen molar-refractivity contribution in [2.45, 2.75) is 19.5 Å². The lowest BCUT2D eigenvalue weighted by atomic mass is 10.2. The molecule has 3 heterocycles. The van der Waals surface area contributed by atoms with E-state index in [1.807, 2.05) is 30.5 Å². The summed E-state index contributed by atoms with van der Waals surface area (Å²) < 4.78 is 6.96. The minimum atomic E-state index is 0.0173. The van der Waals surface area contributed by atoms with E-state index < -0.39 is 0 Å². The molecule has 1 atom stereocenters. The first kappa shape index (κ1) is 13.1. The van der Waals surface area contributed by atoms with E-state index in [1.165, 1.54) is 11.3 Å². The van der Waals surface area contributed by atoms with E-state index in [2.05, 4.69) is 10.3 Å². The number of nitrogens with one attached hydrogen (secondary N) is 1. The molecule has 0 fully saturated rings. The van der Waals surface area contributed by atoms with Gasteiger partial charge in [-0.3, -0.25) is 9.36 Å². The average Bonchev–Trinajstić information content (AvgIpc) is 3.11. The minimum Gasteiger partial charge on any atom is -0.468 e. The zero-order valence-electron chi connectivity index (χ0n) is 11.1. The zero-order chi connectivity index (χ0) is 13.9. The zero-order valence-corrected chi connectivity index (χ0v) is 11.9. The Labute approximate surface area is 119 Å². The van der Waals surface area contributed by atoms with Crippen molar-refractivity contribution in [2.24, 2.45) is 0 Å². The molecule has 104 valence electrons. The monoisotopic (exact) mass is 289 g/mol. The SMILES string of the molecule is CC(NCCn1cnc2sccc2c1=O)c1ccco1. The topological polar surface area (TPSA) is 60.1 Å². The summed E-state index contributed by atoms with van der Waals surface area (Å²) in [6, 6.07) is 5.75. The second-order valence-corrected chi connectivity index (χ2v) is 5.47. The van der Waals surface area contributed by atoms with Crippen LogP contribution in [0.15, 0.2) is 45.4 Å². The molecule has 3 rings (SSSR count). The number of hydrogen-bond donors (Lipinski definition) is 1. The van der Waals surface area contributed by atoms with Gasteiger partial charge in [0.15, 0.2) is 0 Å². The summed E-state index contributed by atoms with van der Waals surface area (Å²) >= 11 is 1.48. The average molecular weight is 289 g/mol. The fourth-order valence-electron chi connectivity index (χ4n) is 2.09. The molecule has 1 N–H and O–H groups in total. The quantitative estimate of drug-likeness (QED) is 0.783. The van der Waals surface area contributed by atoms with Crippen LogP contribution in [-0.4, -0.2) is 16.1 Å². The molecule has 0 spiro atoms. The van der Waals surface area contributed by atoms with Crippen molar-refractivity contribution in [3.05, 3.63) is 52.3 Å². The number of furan rings is 1. The molecule has 0 radical (unpaired) electrons. The Morgan fingerprint density at radius 3 is 3.20 bits per heavy atom. The Balaban J connectivity index is 1.65. The van der Waals surface area contributed by atoms with Crippen LogP contribution in [0, 0.1) is 0 Å². The van der Waals surface area contributed by atoms with Crippen LogP contribution < -0.4 is 10.9 Å². The highest BCUT2D eigenvalue weighted by atomic mass is 32.1. The first-order valence-electron chi connectivity index (χ1n) is 6.45. The third kappa shape index (κ3) is 2.52. The molecule has 6 heteroatoms. The third-order valence-corrected chi connectivity index (χ3v) is 4.04. The highest BCUT2D eigenvalue weighted by Gasteiger charge is 2.08. The van der Waals surface area contributed by atoms with Crippen LogP contribution in [0.4, 0.5) is 0 Å². The molecule has 0 saturated carbocycles. The number of nitrogens with zero attached hydrogens (tertiary/aromatic N) is 2. The molecule has 3 aromatic heterocycles. The van der Waals surface area contributed by atoms with Gasteiger partial charge in [-0.15, -0.1) is 11.3 Å². The smallest absolute Gasteiger partial charge is 0.262 e. The second kappa shape index (κ2) is 5.60. The molecule has 1 unspecified atom stereocenters. The maximum atomic E-state index is 12.2. The van der Waals surface area contributed by atoms with Crippen LogP contribution in [0.5, 0.6) is 0 Å². The lowest BCUT2D eigenvalue weighted by Crippen LogP contribution is -2.28. The van der Waals surface area contributed by atoms with E-state index in [4.69, 9.17) is 4.42 Å². The van der Waals surface area contributed by atoms with Crippen molar-refractivity contribution in [3.8, 4) is 0 Å². The summed E-state index contributed by atoms with van der Waals surface area (Å²) in [7, 11) is 0. The van der Waals surface area contributed by atoms with Crippen molar-refractivity contribution in [2.75, 3.05) is 6.54 Å². The number of hydrogen-bond acceptors (Lipinski definition) is 5. The Morgan fingerprint density at radius 2 is 2.40 bits per heavy atom. The molecular formula is C14H15N3O2S. The number of rotatable bonds is 5. The summed E-state index contributed by atoms with van der Waals surface area (Å²) in [4.78, 5) is 17.3. The van der Waals surface area contributed by atoms with Gasteiger partial charge in [-0.1, -0.05) is 0 Å². The molecule has 0 aliphatic rings. The molecule has 0 amide bonds. The van der Waals surface area contributed by atoms with Crippen LogP contribution in [-0.2, 0) is 6.54 Å². The van der Waals surface area contributed by atoms with Gasteiger partial charge in [-0.05, 0) is 30.5 Å². The summed E-state index contributed by atoms with van der Waals surface area (Å²) in [5.41, 5.74) is 0.0173. The summed E-state index contributed by atoms with van der Waals surface area (Å²) in [6.07, 6.45) is 3.27. The van der Waals surface area contributed by atoms with E-state index in [0.717, 1.165) is 10.6 Å². The van der Waals surface area contributed by atoms with Gasteiger partial charge in [-0.2, -0.15) is 0 Å². The van der Waals surface area contributed by atoms with E-state index >= 15 is 0 Å². The maximum Gasteiger partial charge on any atom is 0.262 e. The number of aromatic nitrogens is 2. The maximum absolute atomic E-state index is 12.2. The molecule has 0 aliphatic heterocycles.